The quantitative estimate of drug-likeness (QED) is 0.555. The lowest BCUT2D eigenvalue weighted by atomic mass is 9.99. The zero-order chi connectivity index (χ0) is 25.1. The van der Waals surface area contributed by atoms with E-state index in [0.717, 1.165) is 31.6 Å². The number of nitriles is 1. The Hall–Kier alpha value is -3.70. The van der Waals surface area contributed by atoms with Gasteiger partial charge in [0.05, 0.1) is 34.4 Å². The van der Waals surface area contributed by atoms with E-state index in [-0.39, 0.29) is 11.7 Å². The number of rotatable bonds is 5. The first-order chi connectivity index (χ1) is 17.5. The summed E-state index contributed by atoms with van der Waals surface area (Å²) in [5.74, 6) is -0.635. The molecule has 2 fully saturated rings. The van der Waals surface area contributed by atoms with Gasteiger partial charge in [0.2, 0.25) is 0 Å². The minimum atomic E-state index is -0.329. The van der Waals surface area contributed by atoms with Gasteiger partial charge in [0.1, 0.15) is 11.9 Å². The molecule has 0 saturated carbocycles. The highest BCUT2D eigenvalue weighted by atomic mass is 19.1. The van der Waals surface area contributed by atoms with Crippen LogP contribution < -0.4 is 10.2 Å². The highest BCUT2D eigenvalue weighted by Crippen LogP contribution is 2.29. The van der Waals surface area contributed by atoms with Crippen molar-refractivity contribution in [2.45, 2.75) is 45.1 Å². The summed E-state index contributed by atoms with van der Waals surface area (Å²) in [5, 5.41) is 17.0. The Balaban J connectivity index is 1.26. The Kier molecular flexibility index (Phi) is 7.01. The minimum absolute atomic E-state index is 0.306. The van der Waals surface area contributed by atoms with Crippen molar-refractivity contribution in [2.75, 3.05) is 36.4 Å². The highest BCUT2D eigenvalue weighted by Gasteiger charge is 2.26. The lowest BCUT2D eigenvalue weighted by Gasteiger charge is -2.41. The number of benzene rings is 2. The molecule has 2 aromatic carbocycles. The number of carbonyl (C=O) groups is 1. The Morgan fingerprint density at radius 3 is 2.47 bits per heavy atom. The molecule has 2 saturated heterocycles. The zero-order valence-electron chi connectivity index (χ0n) is 20.6. The van der Waals surface area contributed by atoms with Crippen molar-refractivity contribution in [1.82, 2.24) is 14.7 Å². The van der Waals surface area contributed by atoms with Crippen molar-refractivity contribution in [1.29, 1.82) is 5.26 Å². The van der Waals surface area contributed by atoms with E-state index in [4.69, 9.17) is 0 Å². The van der Waals surface area contributed by atoms with Crippen LogP contribution in [0.15, 0.2) is 48.7 Å². The van der Waals surface area contributed by atoms with Gasteiger partial charge in [-0.05, 0) is 88.2 Å². The molecule has 0 radical (unpaired) electrons. The average Bonchev–Trinajstić information content (AvgIpc) is 3.31. The van der Waals surface area contributed by atoms with Gasteiger partial charge in [-0.15, -0.1) is 0 Å². The maximum atomic E-state index is 13.3. The first-order valence-electron chi connectivity index (χ1n) is 12.7. The third-order valence-corrected chi connectivity index (χ3v) is 7.41. The fourth-order valence-corrected chi connectivity index (χ4v) is 5.41. The molecule has 0 spiro atoms. The van der Waals surface area contributed by atoms with Gasteiger partial charge < -0.3 is 15.1 Å². The van der Waals surface area contributed by atoms with Gasteiger partial charge in [0.15, 0.2) is 0 Å². The first kappa shape index (κ1) is 24.0. The summed E-state index contributed by atoms with van der Waals surface area (Å²) < 4.78 is 14.9. The van der Waals surface area contributed by atoms with E-state index in [1.54, 1.807) is 29.8 Å². The second kappa shape index (κ2) is 10.5. The van der Waals surface area contributed by atoms with E-state index in [1.165, 1.54) is 50.7 Å². The van der Waals surface area contributed by atoms with Crippen LogP contribution in [0.5, 0.6) is 0 Å². The number of carbonyl (C=O) groups excluding carboxylic acids is 1. The van der Waals surface area contributed by atoms with Crippen molar-refractivity contribution >= 4 is 17.3 Å². The second-order valence-electron chi connectivity index (χ2n) is 9.64. The molecule has 36 heavy (non-hydrogen) atoms. The Bertz CT molecular complexity index is 1260. The van der Waals surface area contributed by atoms with E-state index < -0.39 is 0 Å². The molecule has 1 N–H and O–H groups in total. The molecular weight excluding hydrogens is 455 g/mol. The van der Waals surface area contributed by atoms with E-state index in [0.29, 0.717) is 34.2 Å². The van der Waals surface area contributed by atoms with Gasteiger partial charge >= 0.3 is 0 Å². The van der Waals surface area contributed by atoms with Gasteiger partial charge in [-0.3, -0.25) is 4.79 Å². The smallest absolute Gasteiger partial charge is 0.259 e. The minimum Gasteiger partial charge on any atom is -0.370 e. The van der Waals surface area contributed by atoms with Crippen LogP contribution in [-0.4, -0.2) is 52.8 Å². The third kappa shape index (κ3) is 4.98. The predicted octanol–water partition coefficient (Wildman–Crippen LogP) is 4.90. The summed E-state index contributed by atoms with van der Waals surface area (Å²) in [6.45, 7) is 6.09. The number of amides is 1. The van der Waals surface area contributed by atoms with E-state index >= 15 is 0 Å². The molecule has 8 heteroatoms. The van der Waals surface area contributed by atoms with Crippen LogP contribution in [0.1, 0.15) is 53.7 Å². The summed E-state index contributed by atoms with van der Waals surface area (Å²) in [7, 11) is 0. The topological polar surface area (TPSA) is 77.2 Å². The van der Waals surface area contributed by atoms with Gasteiger partial charge in [-0.1, -0.05) is 6.42 Å². The molecule has 2 aliphatic heterocycles. The highest BCUT2D eigenvalue weighted by molar-refractivity contribution is 6.05. The predicted molar refractivity (Wildman–Crippen MR) is 138 cm³/mol. The van der Waals surface area contributed by atoms with E-state index in [9.17, 15) is 14.4 Å². The van der Waals surface area contributed by atoms with Crippen molar-refractivity contribution in [3.8, 4) is 11.8 Å². The SMILES string of the molecule is Cc1c(C(=O)Nc2ccc(N3CCC(N4CCCCC4)CC3)c(C#N)c2)cnn1-c1ccc(F)cc1. The normalized spacial score (nSPS) is 17.1. The van der Waals surface area contributed by atoms with Crippen molar-refractivity contribution in [3.63, 3.8) is 0 Å². The van der Waals surface area contributed by atoms with Crippen LogP contribution >= 0.6 is 0 Å². The van der Waals surface area contributed by atoms with Gasteiger partial charge in [0, 0.05) is 24.8 Å². The Morgan fingerprint density at radius 1 is 1.06 bits per heavy atom. The van der Waals surface area contributed by atoms with E-state index in [2.05, 4.69) is 26.3 Å². The number of hydrogen-bond donors (Lipinski definition) is 1. The van der Waals surface area contributed by atoms with Crippen LogP contribution in [0.2, 0.25) is 0 Å². The van der Waals surface area contributed by atoms with Gasteiger partial charge in [0.25, 0.3) is 5.91 Å². The lowest BCUT2D eigenvalue weighted by molar-refractivity contribution is 0.102. The molecule has 3 heterocycles. The average molecular weight is 487 g/mol. The first-order valence-corrected chi connectivity index (χ1v) is 12.7. The third-order valence-electron chi connectivity index (χ3n) is 7.41. The second-order valence-corrected chi connectivity index (χ2v) is 9.64. The molecule has 0 atom stereocenters. The fraction of sp³-hybridized carbons (Fsp3) is 0.393. The summed E-state index contributed by atoms with van der Waals surface area (Å²) >= 11 is 0. The van der Waals surface area contributed by atoms with Crippen LogP contribution in [0.3, 0.4) is 0 Å². The van der Waals surface area contributed by atoms with Crippen LogP contribution in [0.25, 0.3) is 5.69 Å². The standard InChI is InChI=1S/C28H31FN6O/c1-20-26(19-31-35(20)25-8-5-22(29)6-9-25)28(36)32-23-7-10-27(21(17-23)18-30)34-15-11-24(12-16-34)33-13-3-2-4-14-33/h5-10,17,19,24H,2-4,11-16H2,1H3,(H,32,36). The number of hydrogen-bond acceptors (Lipinski definition) is 5. The zero-order valence-corrected chi connectivity index (χ0v) is 20.6. The molecule has 3 aromatic rings. The molecular formula is C28H31FN6O. The number of halogens is 1. The summed E-state index contributed by atoms with van der Waals surface area (Å²) in [5.41, 5.74) is 3.79. The maximum absolute atomic E-state index is 13.3. The summed E-state index contributed by atoms with van der Waals surface area (Å²) in [6.07, 6.45) is 7.68. The molecule has 0 bridgehead atoms. The molecule has 1 aromatic heterocycles. The molecule has 0 unspecified atom stereocenters. The van der Waals surface area contributed by atoms with Crippen LogP contribution in [-0.2, 0) is 0 Å². The number of nitrogens with zero attached hydrogens (tertiary/aromatic N) is 5. The molecule has 0 aliphatic carbocycles. The molecule has 186 valence electrons. The van der Waals surface area contributed by atoms with Crippen molar-refractivity contribution < 1.29 is 9.18 Å². The van der Waals surface area contributed by atoms with Gasteiger partial charge in [-0.2, -0.15) is 10.4 Å². The monoisotopic (exact) mass is 486 g/mol. The number of aromatic nitrogens is 2. The number of piperidine rings is 2. The lowest BCUT2D eigenvalue weighted by Crippen LogP contribution is -2.46. The number of anilines is 2. The van der Waals surface area contributed by atoms with Crippen molar-refractivity contribution in [2.24, 2.45) is 0 Å². The number of likely N-dealkylation sites (tertiary alicyclic amines) is 1. The van der Waals surface area contributed by atoms with Gasteiger partial charge in [-0.25, -0.2) is 9.07 Å². The molecule has 2 aliphatic rings. The Morgan fingerprint density at radius 2 is 1.78 bits per heavy atom. The fourth-order valence-electron chi connectivity index (χ4n) is 5.41. The molecule has 5 rings (SSSR count). The van der Waals surface area contributed by atoms with Crippen molar-refractivity contribution in [3.05, 3.63) is 71.3 Å². The number of nitrogens with one attached hydrogen (secondary N) is 1. The largest absolute Gasteiger partial charge is 0.370 e. The van der Waals surface area contributed by atoms with Crippen LogP contribution in [0, 0.1) is 24.1 Å². The summed E-state index contributed by atoms with van der Waals surface area (Å²) in [6, 6.07) is 14.4. The van der Waals surface area contributed by atoms with E-state index in [1.807, 2.05) is 12.1 Å². The molecule has 7 nitrogen and oxygen atoms in total. The maximum Gasteiger partial charge on any atom is 0.259 e. The Labute approximate surface area is 211 Å². The van der Waals surface area contributed by atoms with Crippen LogP contribution in [0.4, 0.5) is 15.8 Å². The summed E-state index contributed by atoms with van der Waals surface area (Å²) in [4.78, 5) is 17.9. The molecule has 1 amide bonds.